The fourth-order valence-electron chi connectivity index (χ4n) is 1.64. The minimum Gasteiger partial charge on any atom is -0.478 e. The zero-order valence-electron chi connectivity index (χ0n) is 9.74. The van der Waals surface area contributed by atoms with Gasteiger partial charge in [0.15, 0.2) is 0 Å². The smallest absolute Gasteiger partial charge is 0.337 e. The van der Waals surface area contributed by atoms with Gasteiger partial charge in [0.2, 0.25) is 0 Å². The molecule has 0 bridgehead atoms. The molecular formula is C13H12FNO3. The molecule has 2 aromatic rings. The summed E-state index contributed by atoms with van der Waals surface area (Å²) in [6, 6.07) is 7.46. The lowest BCUT2D eigenvalue weighted by Crippen LogP contribution is -2.08. The maximum Gasteiger partial charge on any atom is 0.337 e. The number of carbonyl (C=O) groups is 1. The maximum atomic E-state index is 13.6. The Morgan fingerprint density at radius 1 is 1.39 bits per heavy atom. The highest BCUT2D eigenvalue weighted by Gasteiger charge is 2.14. The quantitative estimate of drug-likeness (QED) is 0.874. The van der Waals surface area contributed by atoms with Gasteiger partial charge in [-0.15, -0.1) is 0 Å². The van der Waals surface area contributed by atoms with E-state index in [1.807, 2.05) is 0 Å². The molecule has 0 spiro atoms. The molecule has 0 aliphatic carbocycles. The number of aromatic carboxylic acids is 1. The summed E-state index contributed by atoms with van der Waals surface area (Å²) in [6.45, 7) is 2.03. The summed E-state index contributed by atoms with van der Waals surface area (Å²) < 4.78 is 18.9. The van der Waals surface area contributed by atoms with Crippen molar-refractivity contribution < 1.29 is 18.7 Å². The van der Waals surface area contributed by atoms with Gasteiger partial charge in [0.25, 0.3) is 0 Å². The number of benzene rings is 1. The molecule has 0 amide bonds. The Kier molecular flexibility index (Phi) is 3.32. The first-order valence-electron chi connectivity index (χ1n) is 5.39. The van der Waals surface area contributed by atoms with E-state index in [-0.39, 0.29) is 17.8 Å². The highest BCUT2D eigenvalue weighted by molar-refractivity contribution is 5.94. The predicted octanol–water partition coefficient (Wildman–Crippen LogP) is 3.04. The summed E-state index contributed by atoms with van der Waals surface area (Å²) in [6.07, 6.45) is 0. The largest absolute Gasteiger partial charge is 0.478 e. The molecule has 94 valence electrons. The van der Waals surface area contributed by atoms with E-state index in [0.717, 1.165) is 5.76 Å². The van der Waals surface area contributed by atoms with E-state index < -0.39 is 11.8 Å². The Balaban J connectivity index is 2.20. The second-order valence-corrected chi connectivity index (χ2v) is 3.83. The van der Waals surface area contributed by atoms with Crippen molar-refractivity contribution in [3.05, 3.63) is 53.2 Å². The molecule has 1 aromatic carbocycles. The van der Waals surface area contributed by atoms with Crippen LogP contribution in [0.5, 0.6) is 0 Å². The third-order valence-electron chi connectivity index (χ3n) is 2.48. The molecule has 0 saturated carbocycles. The van der Waals surface area contributed by atoms with Gasteiger partial charge in [-0.1, -0.05) is 6.07 Å². The second-order valence-electron chi connectivity index (χ2n) is 3.83. The van der Waals surface area contributed by atoms with Crippen LogP contribution in [0.1, 0.15) is 21.9 Å². The normalized spacial score (nSPS) is 10.3. The molecule has 0 unspecified atom stereocenters. The number of furan rings is 1. The maximum absolute atomic E-state index is 13.6. The van der Waals surface area contributed by atoms with Crippen molar-refractivity contribution in [2.45, 2.75) is 13.5 Å². The number of carboxylic acids is 1. The lowest BCUT2D eigenvalue weighted by Gasteiger charge is -2.09. The monoisotopic (exact) mass is 249 g/mol. The van der Waals surface area contributed by atoms with Crippen LogP contribution < -0.4 is 5.32 Å². The minimum atomic E-state index is -1.17. The number of hydrogen-bond donors (Lipinski definition) is 2. The standard InChI is InChI=1S/C13H12FNO3/c1-8-5-6-9(18-8)7-15-12-10(13(16)17)3-2-4-11(12)14/h2-6,15H,7H2,1H3,(H,16,17). The zero-order valence-corrected chi connectivity index (χ0v) is 9.74. The molecule has 5 heteroatoms. The Morgan fingerprint density at radius 2 is 2.17 bits per heavy atom. The van der Waals surface area contributed by atoms with Crippen LogP contribution in [0.2, 0.25) is 0 Å². The van der Waals surface area contributed by atoms with Gasteiger partial charge in [-0.2, -0.15) is 0 Å². The van der Waals surface area contributed by atoms with Crippen molar-refractivity contribution in [1.82, 2.24) is 0 Å². The van der Waals surface area contributed by atoms with Crippen LogP contribution in [0.4, 0.5) is 10.1 Å². The fourth-order valence-corrected chi connectivity index (χ4v) is 1.64. The number of rotatable bonds is 4. The van der Waals surface area contributed by atoms with Crippen LogP contribution in [-0.2, 0) is 6.54 Å². The molecule has 1 heterocycles. The first kappa shape index (κ1) is 12.2. The average molecular weight is 249 g/mol. The first-order chi connectivity index (χ1) is 8.58. The Morgan fingerprint density at radius 3 is 2.78 bits per heavy atom. The van der Waals surface area contributed by atoms with Gasteiger partial charge in [-0.25, -0.2) is 9.18 Å². The van der Waals surface area contributed by atoms with Crippen molar-refractivity contribution in [2.24, 2.45) is 0 Å². The van der Waals surface area contributed by atoms with Gasteiger partial charge in [-0.05, 0) is 31.2 Å². The van der Waals surface area contributed by atoms with Crippen LogP contribution in [0.25, 0.3) is 0 Å². The first-order valence-corrected chi connectivity index (χ1v) is 5.39. The highest BCUT2D eigenvalue weighted by atomic mass is 19.1. The number of anilines is 1. The second kappa shape index (κ2) is 4.91. The molecular weight excluding hydrogens is 237 g/mol. The molecule has 1 aromatic heterocycles. The molecule has 0 aliphatic rings. The van der Waals surface area contributed by atoms with E-state index in [4.69, 9.17) is 9.52 Å². The van der Waals surface area contributed by atoms with Gasteiger partial charge < -0.3 is 14.8 Å². The van der Waals surface area contributed by atoms with Crippen LogP contribution in [0.15, 0.2) is 34.7 Å². The van der Waals surface area contributed by atoms with E-state index in [9.17, 15) is 9.18 Å². The van der Waals surface area contributed by atoms with Crippen LogP contribution in [0.3, 0.4) is 0 Å². The summed E-state index contributed by atoms with van der Waals surface area (Å²) in [7, 11) is 0. The van der Waals surface area contributed by atoms with Gasteiger partial charge in [-0.3, -0.25) is 0 Å². The number of aryl methyl sites for hydroxylation is 1. The van der Waals surface area contributed by atoms with Gasteiger partial charge in [0.1, 0.15) is 17.3 Å². The summed E-state index contributed by atoms with van der Waals surface area (Å²) in [5.74, 6) is -0.406. The summed E-state index contributed by atoms with van der Waals surface area (Å²) in [4.78, 5) is 11.0. The number of halogens is 1. The lowest BCUT2D eigenvalue weighted by atomic mass is 10.1. The van der Waals surface area contributed by atoms with Gasteiger partial charge in [0.05, 0.1) is 17.8 Å². The molecule has 2 rings (SSSR count). The molecule has 0 fully saturated rings. The molecule has 2 N–H and O–H groups in total. The van der Waals surface area contributed by atoms with Crippen molar-refractivity contribution in [2.75, 3.05) is 5.32 Å². The Labute approximate surface area is 103 Å². The highest BCUT2D eigenvalue weighted by Crippen LogP contribution is 2.21. The molecule has 0 aliphatic heterocycles. The third kappa shape index (κ3) is 2.51. The van der Waals surface area contributed by atoms with E-state index in [0.29, 0.717) is 5.76 Å². The number of carboxylic acid groups (broad SMARTS) is 1. The lowest BCUT2D eigenvalue weighted by molar-refractivity contribution is 0.0697. The van der Waals surface area contributed by atoms with E-state index in [2.05, 4.69) is 5.32 Å². The van der Waals surface area contributed by atoms with E-state index in [1.54, 1.807) is 19.1 Å². The van der Waals surface area contributed by atoms with Crippen molar-refractivity contribution in [1.29, 1.82) is 0 Å². The molecule has 0 atom stereocenters. The summed E-state index contributed by atoms with van der Waals surface area (Å²) in [5.41, 5.74) is -0.127. The van der Waals surface area contributed by atoms with Crippen molar-refractivity contribution in [3.8, 4) is 0 Å². The zero-order chi connectivity index (χ0) is 13.1. The third-order valence-corrected chi connectivity index (χ3v) is 2.48. The number of para-hydroxylation sites is 1. The van der Waals surface area contributed by atoms with Crippen LogP contribution >= 0.6 is 0 Å². The molecule has 18 heavy (non-hydrogen) atoms. The van der Waals surface area contributed by atoms with E-state index >= 15 is 0 Å². The van der Waals surface area contributed by atoms with Crippen molar-refractivity contribution in [3.63, 3.8) is 0 Å². The molecule has 4 nitrogen and oxygen atoms in total. The molecule has 0 radical (unpaired) electrons. The Hall–Kier alpha value is -2.30. The van der Waals surface area contributed by atoms with E-state index in [1.165, 1.54) is 18.2 Å². The average Bonchev–Trinajstić information content (AvgIpc) is 2.73. The molecule has 0 saturated heterocycles. The SMILES string of the molecule is Cc1ccc(CNc2c(F)cccc2C(=O)O)o1. The summed E-state index contributed by atoms with van der Waals surface area (Å²) >= 11 is 0. The van der Waals surface area contributed by atoms with Gasteiger partial charge >= 0.3 is 5.97 Å². The van der Waals surface area contributed by atoms with Crippen LogP contribution in [0, 0.1) is 12.7 Å². The fraction of sp³-hybridized carbons (Fsp3) is 0.154. The predicted molar refractivity (Wildman–Crippen MR) is 64.1 cm³/mol. The number of hydrogen-bond acceptors (Lipinski definition) is 3. The topological polar surface area (TPSA) is 62.5 Å². The van der Waals surface area contributed by atoms with Gasteiger partial charge in [0, 0.05) is 0 Å². The number of nitrogens with one attached hydrogen (secondary N) is 1. The van der Waals surface area contributed by atoms with Crippen molar-refractivity contribution >= 4 is 11.7 Å². The minimum absolute atomic E-state index is 0.0287. The van der Waals surface area contributed by atoms with Crippen LogP contribution in [-0.4, -0.2) is 11.1 Å². The summed E-state index contributed by atoms with van der Waals surface area (Å²) in [5, 5.41) is 11.7. The Bertz CT molecular complexity index is 577.